The lowest BCUT2D eigenvalue weighted by atomic mass is 10.1. The molecule has 0 radical (unpaired) electrons. The molecule has 1 heterocycles. The van der Waals surface area contributed by atoms with E-state index in [0.29, 0.717) is 6.04 Å². The van der Waals surface area contributed by atoms with E-state index in [9.17, 15) is 4.79 Å². The molecule has 0 aromatic heterocycles. The quantitative estimate of drug-likeness (QED) is 0.813. The van der Waals surface area contributed by atoms with Crippen molar-refractivity contribution in [3.05, 3.63) is 23.8 Å². The van der Waals surface area contributed by atoms with Crippen LogP contribution in [0.2, 0.25) is 0 Å². The first-order chi connectivity index (χ1) is 10.1. The number of thioether (sulfide) groups is 1. The summed E-state index contributed by atoms with van der Waals surface area (Å²) in [6, 6.07) is 6.53. The highest BCUT2D eigenvalue weighted by molar-refractivity contribution is 7.98. The summed E-state index contributed by atoms with van der Waals surface area (Å²) in [5.41, 5.74) is 3.14. The van der Waals surface area contributed by atoms with Crippen molar-refractivity contribution in [1.82, 2.24) is 5.32 Å². The summed E-state index contributed by atoms with van der Waals surface area (Å²) < 4.78 is 0. The first-order valence-electron chi connectivity index (χ1n) is 7.48. The van der Waals surface area contributed by atoms with E-state index in [1.165, 1.54) is 0 Å². The minimum absolute atomic E-state index is 0.0436. The minimum Gasteiger partial charge on any atom is -0.372 e. The van der Waals surface area contributed by atoms with Gasteiger partial charge in [0.15, 0.2) is 0 Å². The number of rotatable bonds is 7. The molecular formula is C16H25N3OS. The molecule has 0 bridgehead atoms. The summed E-state index contributed by atoms with van der Waals surface area (Å²) in [6.45, 7) is 5.04. The summed E-state index contributed by atoms with van der Waals surface area (Å²) in [6.07, 6.45) is 3.29. The third-order valence-electron chi connectivity index (χ3n) is 4.08. The molecule has 1 aromatic carbocycles. The smallest absolute Gasteiger partial charge is 0.246 e. The summed E-state index contributed by atoms with van der Waals surface area (Å²) in [4.78, 5) is 14.3. The molecule has 0 saturated carbocycles. The van der Waals surface area contributed by atoms with Crippen LogP contribution in [0.15, 0.2) is 18.2 Å². The second-order valence-electron chi connectivity index (χ2n) is 5.49. The van der Waals surface area contributed by atoms with Crippen LogP contribution in [0.25, 0.3) is 0 Å². The molecule has 2 atom stereocenters. The number of benzene rings is 1. The van der Waals surface area contributed by atoms with Gasteiger partial charge in [-0.2, -0.15) is 11.8 Å². The fourth-order valence-corrected chi connectivity index (χ4v) is 3.19. The molecular weight excluding hydrogens is 282 g/mol. The number of fused-ring (bicyclic) bond motifs is 1. The van der Waals surface area contributed by atoms with Gasteiger partial charge in [0.2, 0.25) is 5.91 Å². The van der Waals surface area contributed by atoms with E-state index < -0.39 is 0 Å². The zero-order chi connectivity index (χ0) is 15.4. The number of likely N-dealkylation sites (N-methyl/N-ethyl adjacent to an activating group) is 1. The topological polar surface area (TPSA) is 44.4 Å². The Bertz CT molecular complexity index is 506. The first kappa shape index (κ1) is 16.2. The van der Waals surface area contributed by atoms with Gasteiger partial charge in [0.1, 0.15) is 6.04 Å². The zero-order valence-corrected chi connectivity index (χ0v) is 14.1. The van der Waals surface area contributed by atoms with Gasteiger partial charge in [-0.05, 0) is 44.0 Å². The molecule has 1 aliphatic heterocycles. The molecule has 0 aliphatic carbocycles. The maximum Gasteiger partial charge on any atom is 0.246 e. The van der Waals surface area contributed by atoms with Crippen LogP contribution in [0.4, 0.5) is 11.4 Å². The number of carbonyl (C=O) groups is 1. The monoisotopic (exact) mass is 307 g/mol. The van der Waals surface area contributed by atoms with E-state index in [4.69, 9.17) is 0 Å². The normalized spacial score (nSPS) is 18.3. The van der Waals surface area contributed by atoms with Crippen LogP contribution in [0, 0.1) is 0 Å². The Balaban J connectivity index is 2.15. The standard InChI is InChI=1S/C16H25N3OS/c1-5-17-15-13-7-6-12(10-14(13)18-16(15)20)19(3)11(2)8-9-21-4/h6-7,10-11,15,17H,5,8-9H2,1-4H3,(H,18,20). The Morgan fingerprint density at radius 2 is 2.24 bits per heavy atom. The summed E-state index contributed by atoms with van der Waals surface area (Å²) >= 11 is 1.88. The molecule has 1 aliphatic rings. The van der Waals surface area contributed by atoms with Crippen LogP contribution in [-0.2, 0) is 4.79 Å². The van der Waals surface area contributed by atoms with Crippen LogP contribution in [0.5, 0.6) is 0 Å². The molecule has 0 spiro atoms. The lowest BCUT2D eigenvalue weighted by molar-refractivity contribution is -0.117. The van der Waals surface area contributed by atoms with Crippen LogP contribution in [-0.4, -0.2) is 37.6 Å². The SMILES string of the molecule is CCNC1C(=O)Nc2cc(N(C)C(C)CCSC)ccc21. The predicted octanol–water partition coefficient (Wildman–Crippen LogP) is 2.87. The van der Waals surface area contributed by atoms with E-state index in [-0.39, 0.29) is 11.9 Å². The van der Waals surface area contributed by atoms with Crippen molar-refractivity contribution in [2.75, 3.05) is 35.8 Å². The minimum atomic E-state index is -0.210. The highest BCUT2D eigenvalue weighted by atomic mass is 32.2. The highest BCUT2D eigenvalue weighted by Crippen LogP contribution is 2.34. The van der Waals surface area contributed by atoms with Gasteiger partial charge in [-0.15, -0.1) is 0 Å². The molecule has 4 nitrogen and oxygen atoms in total. The van der Waals surface area contributed by atoms with Gasteiger partial charge in [-0.25, -0.2) is 0 Å². The lowest BCUT2D eigenvalue weighted by Gasteiger charge is -2.27. The molecule has 5 heteroatoms. The van der Waals surface area contributed by atoms with Gasteiger partial charge >= 0.3 is 0 Å². The van der Waals surface area contributed by atoms with Crippen molar-refractivity contribution < 1.29 is 4.79 Å². The van der Waals surface area contributed by atoms with Crippen LogP contribution in [0.1, 0.15) is 31.9 Å². The Morgan fingerprint density at radius 1 is 1.48 bits per heavy atom. The molecule has 2 unspecified atom stereocenters. The van der Waals surface area contributed by atoms with E-state index >= 15 is 0 Å². The molecule has 2 rings (SSSR count). The molecule has 1 amide bonds. The largest absolute Gasteiger partial charge is 0.372 e. The first-order valence-corrected chi connectivity index (χ1v) is 8.87. The van der Waals surface area contributed by atoms with Gasteiger partial charge in [-0.3, -0.25) is 4.79 Å². The number of amides is 1. The maximum atomic E-state index is 12.0. The molecule has 0 fully saturated rings. The number of nitrogens with one attached hydrogen (secondary N) is 2. The van der Waals surface area contributed by atoms with Crippen LogP contribution >= 0.6 is 11.8 Å². The summed E-state index contributed by atoms with van der Waals surface area (Å²) in [5.74, 6) is 1.21. The van der Waals surface area contributed by atoms with Crippen molar-refractivity contribution in [3.8, 4) is 0 Å². The lowest BCUT2D eigenvalue weighted by Crippen LogP contribution is -2.29. The third kappa shape index (κ3) is 3.52. The fourth-order valence-electron chi connectivity index (χ4n) is 2.61. The van der Waals surface area contributed by atoms with Gasteiger partial charge in [0, 0.05) is 30.0 Å². The summed E-state index contributed by atoms with van der Waals surface area (Å²) in [5, 5.41) is 6.20. The molecule has 21 heavy (non-hydrogen) atoms. The van der Waals surface area contributed by atoms with Gasteiger partial charge in [-0.1, -0.05) is 13.0 Å². The Hall–Kier alpha value is -1.20. The van der Waals surface area contributed by atoms with E-state index in [2.05, 4.69) is 54.0 Å². The van der Waals surface area contributed by atoms with Gasteiger partial charge in [0.05, 0.1) is 0 Å². The maximum absolute atomic E-state index is 12.0. The van der Waals surface area contributed by atoms with Crippen LogP contribution in [0.3, 0.4) is 0 Å². The molecule has 2 N–H and O–H groups in total. The van der Waals surface area contributed by atoms with Crippen molar-refractivity contribution in [2.45, 2.75) is 32.4 Å². The predicted molar refractivity (Wildman–Crippen MR) is 92.4 cm³/mol. The second kappa shape index (κ2) is 7.18. The second-order valence-corrected chi connectivity index (χ2v) is 6.48. The van der Waals surface area contributed by atoms with E-state index in [1.807, 2.05) is 18.7 Å². The van der Waals surface area contributed by atoms with Crippen molar-refractivity contribution in [2.24, 2.45) is 0 Å². The molecule has 116 valence electrons. The van der Waals surface area contributed by atoms with Crippen molar-refractivity contribution in [1.29, 1.82) is 0 Å². The number of hydrogen-bond donors (Lipinski definition) is 2. The fraction of sp³-hybridized carbons (Fsp3) is 0.562. The highest BCUT2D eigenvalue weighted by Gasteiger charge is 2.30. The third-order valence-corrected chi connectivity index (χ3v) is 4.73. The zero-order valence-electron chi connectivity index (χ0n) is 13.3. The van der Waals surface area contributed by atoms with Crippen molar-refractivity contribution in [3.63, 3.8) is 0 Å². The number of carbonyl (C=O) groups excluding carboxylic acids is 1. The number of nitrogens with zero attached hydrogens (tertiary/aromatic N) is 1. The van der Waals surface area contributed by atoms with Gasteiger partial charge in [0.25, 0.3) is 0 Å². The Labute approximate surface area is 131 Å². The van der Waals surface area contributed by atoms with E-state index in [1.54, 1.807) is 0 Å². The van der Waals surface area contributed by atoms with E-state index in [0.717, 1.165) is 35.7 Å². The average molecular weight is 307 g/mol. The number of anilines is 2. The number of hydrogen-bond acceptors (Lipinski definition) is 4. The van der Waals surface area contributed by atoms with Crippen molar-refractivity contribution >= 4 is 29.0 Å². The summed E-state index contributed by atoms with van der Waals surface area (Å²) in [7, 11) is 2.12. The Morgan fingerprint density at radius 3 is 2.90 bits per heavy atom. The van der Waals surface area contributed by atoms with Crippen LogP contribution < -0.4 is 15.5 Å². The average Bonchev–Trinajstić information content (AvgIpc) is 2.79. The molecule has 0 saturated heterocycles. The van der Waals surface area contributed by atoms with Gasteiger partial charge < -0.3 is 15.5 Å². The molecule has 1 aromatic rings. The Kier molecular flexibility index (Phi) is 5.53.